The monoisotopic (exact) mass is 612 g/mol. The first-order valence-corrected chi connectivity index (χ1v) is 15.0. The number of nitrogens with one attached hydrogen (secondary N) is 1. The van der Waals surface area contributed by atoms with Crippen LogP contribution in [0.25, 0.3) is 9.69 Å². The Morgan fingerprint density at radius 2 is 1.18 bits per heavy atom. The molecule has 4 saturated heterocycles. The lowest BCUT2D eigenvalue weighted by Gasteiger charge is -2.46. The molecule has 0 atom stereocenters. The second-order valence-corrected chi connectivity index (χ2v) is 11.9. The van der Waals surface area contributed by atoms with Gasteiger partial charge in [0, 0.05) is 57.4 Å². The molecule has 2 aromatic carbocycles. The molecule has 4 fully saturated rings. The predicted molar refractivity (Wildman–Crippen MR) is 164 cm³/mol. The molecule has 4 amide bonds. The zero-order valence-electron chi connectivity index (χ0n) is 25.3. The van der Waals surface area contributed by atoms with Crippen molar-refractivity contribution in [3.63, 3.8) is 0 Å². The predicted octanol–water partition coefficient (Wildman–Crippen LogP) is 3.06. The van der Waals surface area contributed by atoms with Crippen molar-refractivity contribution in [2.75, 3.05) is 59.5 Å². The number of morpholine rings is 2. The number of hydrogen-bond donors (Lipinski definition) is 1. The molecule has 2 spiro atoms. The maximum absolute atomic E-state index is 12.5. The van der Waals surface area contributed by atoms with Crippen LogP contribution >= 0.6 is 0 Å². The van der Waals surface area contributed by atoms with Crippen LogP contribution in [-0.2, 0) is 19.1 Å². The van der Waals surface area contributed by atoms with Gasteiger partial charge < -0.3 is 29.5 Å². The molecule has 4 aliphatic rings. The number of carbonyl (C=O) groups excluding carboxylic acids is 4. The van der Waals surface area contributed by atoms with E-state index in [1.807, 2.05) is 4.90 Å². The lowest BCUT2D eigenvalue weighted by Crippen LogP contribution is -2.58. The molecule has 0 saturated carbocycles. The van der Waals surface area contributed by atoms with Crippen LogP contribution in [0.5, 0.6) is 0 Å². The second kappa shape index (κ2) is 13.5. The fourth-order valence-electron chi connectivity index (χ4n) is 6.05. The minimum absolute atomic E-state index is 0.00836. The molecule has 0 aromatic heterocycles. The third-order valence-electron chi connectivity index (χ3n) is 8.98. The second-order valence-electron chi connectivity index (χ2n) is 11.9. The highest BCUT2D eigenvalue weighted by atomic mass is 16.5. The van der Waals surface area contributed by atoms with Crippen molar-refractivity contribution in [2.45, 2.75) is 36.9 Å². The normalized spacial score (nSPS) is 20.4. The molecule has 0 unspecified atom stereocenters. The van der Waals surface area contributed by atoms with Crippen LogP contribution < -0.4 is 5.32 Å². The molecule has 12 heteroatoms. The van der Waals surface area contributed by atoms with Crippen molar-refractivity contribution < 1.29 is 28.7 Å². The molecule has 1 N–H and O–H groups in total. The van der Waals surface area contributed by atoms with E-state index < -0.39 is 0 Å². The van der Waals surface area contributed by atoms with Crippen LogP contribution in [0, 0.1) is 13.1 Å². The van der Waals surface area contributed by atoms with E-state index in [9.17, 15) is 19.2 Å². The average Bonchev–Trinajstić information content (AvgIpc) is 3.08. The number of piperidine rings is 2. The Hall–Kier alpha value is -4.78. The highest BCUT2D eigenvalue weighted by Gasteiger charge is 2.42. The van der Waals surface area contributed by atoms with Crippen molar-refractivity contribution >= 4 is 35.0 Å². The van der Waals surface area contributed by atoms with Crippen molar-refractivity contribution in [1.82, 2.24) is 20.0 Å². The number of amides is 4. The summed E-state index contributed by atoms with van der Waals surface area (Å²) in [7, 11) is 1.79. The third kappa shape index (κ3) is 7.31. The quantitative estimate of drug-likeness (QED) is 0.522. The number of rotatable bonds is 2. The van der Waals surface area contributed by atoms with E-state index in [0.29, 0.717) is 61.8 Å². The number of ether oxygens (including phenoxy) is 2. The van der Waals surface area contributed by atoms with Crippen LogP contribution in [0.2, 0.25) is 0 Å². The number of carbonyl (C=O) groups is 4. The van der Waals surface area contributed by atoms with Crippen molar-refractivity contribution in [2.24, 2.45) is 0 Å². The molecule has 12 nitrogen and oxygen atoms in total. The van der Waals surface area contributed by atoms with Gasteiger partial charge in [-0.3, -0.25) is 19.2 Å². The molecule has 4 aliphatic heterocycles. The first-order chi connectivity index (χ1) is 21.6. The van der Waals surface area contributed by atoms with E-state index in [1.54, 1.807) is 65.4 Å². The van der Waals surface area contributed by atoms with Crippen LogP contribution in [0.3, 0.4) is 0 Å². The van der Waals surface area contributed by atoms with E-state index in [0.717, 1.165) is 25.7 Å². The summed E-state index contributed by atoms with van der Waals surface area (Å²) in [5.41, 5.74) is 1.63. The summed E-state index contributed by atoms with van der Waals surface area (Å²) in [6.07, 6.45) is 2.91. The van der Waals surface area contributed by atoms with Crippen molar-refractivity contribution in [3.8, 4) is 0 Å². The van der Waals surface area contributed by atoms with Gasteiger partial charge in [0.25, 0.3) is 11.8 Å². The Kier molecular flexibility index (Phi) is 9.47. The van der Waals surface area contributed by atoms with Gasteiger partial charge in [0.2, 0.25) is 11.8 Å². The number of likely N-dealkylation sites (N-methyl/N-ethyl adjacent to an activating group) is 1. The zero-order valence-corrected chi connectivity index (χ0v) is 25.3. The third-order valence-corrected chi connectivity index (χ3v) is 8.98. The molecule has 4 heterocycles. The Morgan fingerprint density at radius 3 is 1.58 bits per heavy atom. The van der Waals surface area contributed by atoms with E-state index in [1.165, 1.54) is 0 Å². The van der Waals surface area contributed by atoms with Gasteiger partial charge in [0.1, 0.15) is 13.2 Å². The van der Waals surface area contributed by atoms with E-state index in [2.05, 4.69) is 15.0 Å². The molecule has 234 valence electrons. The lowest BCUT2D eigenvalue weighted by atomic mass is 9.89. The summed E-state index contributed by atoms with van der Waals surface area (Å²) < 4.78 is 11.5. The average molecular weight is 613 g/mol. The van der Waals surface area contributed by atoms with Gasteiger partial charge in [0.05, 0.1) is 24.3 Å². The van der Waals surface area contributed by atoms with Gasteiger partial charge in [-0.05, 0) is 25.7 Å². The van der Waals surface area contributed by atoms with Gasteiger partial charge >= 0.3 is 0 Å². The molecule has 0 bridgehead atoms. The number of benzene rings is 2. The molecular formula is C33H36N6O6. The fourth-order valence-corrected chi connectivity index (χ4v) is 6.05. The van der Waals surface area contributed by atoms with Gasteiger partial charge in [-0.25, -0.2) is 9.69 Å². The standard InChI is InChI=1S/C17H19N3O3.C16H17N3O3/c1-18-14-5-3-13(4-6-14)16(22)20-9-7-17(8-10-20)12-19(2)15(21)11-23-17;1-17-13-4-2-12(3-5-13)15(21)19-8-6-16(7-9-19)11-18-14(20)10-22-16/h3-6H,7-12H2,2H3;2-5H,6-11H2,(H,18,20). The largest absolute Gasteiger partial charge is 0.363 e. The maximum atomic E-state index is 12.5. The van der Waals surface area contributed by atoms with Crippen molar-refractivity contribution in [1.29, 1.82) is 0 Å². The molecule has 2 aromatic rings. The van der Waals surface area contributed by atoms with Gasteiger partial charge in [-0.2, -0.15) is 0 Å². The summed E-state index contributed by atoms with van der Waals surface area (Å²) in [4.78, 5) is 59.7. The minimum Gasteiger partial charge on any atom is -0.363 e. The van der Waals surface area contributed by atoms with E-state index in [-0.39, 0.29) is 48.0 Å². The van der Waals surface area contributed by atoms with E-state index >= 15 is 0 Å². The number of hydrogen-bond acceptors (Lipinski definition) is 6. The Bertz CT molecular complexity index is 1500. The van der Waals surface area contributed by atoms with Gasteiger partial charge in [-0.15, -0.1) is 0 Å². The number of nitrogens with zero attached hydrogens (tertiary/aromatic N) is 5. The molecule has 6 rings (SSSR count). The Labute approximate surface area is 262 Å². The van der Waals surface area contributed by atoms with Gasteiger partial charge in [-0.1, -0.05) is 48.5 Å². The summed E-state index contributed by atoms with van der Waals surface area (Å²) >= 11 is 0. The van der Waals surface area contributed by atoms with Crippen molar-refractivity contribution in [3.05, 3.63) is 82.5 Å². The molecule has 0 aliphatic carbocycles. The maximum Gasteiger partial charge on any atom is 0.253 e. The lowest BCUT2D eigenvalue weighted by molar-refractivity contribution is -0.167. The highest BCUT2D eigenvalue weighted by molar-refractivity contribution is 5.95. The minimum atomic E-state index is -0.321. The molecule has 0 radical (unpaired) electrons. The van der Waals surface area contributed by atoms with Crippen LogP contribution in [0.15, 0.2) is 48.5 Å². The molecule has 45 heavy (non-hydrogen) atoms. The summed E-state index contributed by atoms with van der Waals surface area (Å²) in [5, 5.41) is 2.84. The first kappa shape index (κ1) is 31.6. The topological polar surface area (TPSA) is 117 Å². The SMILES string of the molecule is [C-]#[N+]c1ccc(C(=O)N2CCC3(CC2)CN(C)C(=O)CO3)cc1.[C-]#[N+]c1ccc(C(=O)N2CCC3(CC2)CNC(=O)CO3)cc1. The Morgan fingerprint density at radius 1 is 0.733 bits per heavy atom. The molecular weight excluding hydrogens is 576 g/mol. The highest BCUT2D eigenvalue weighted by Crippen LogP contribution is 2.31. The summed E-state index contributed by atoms with van der Waals surface area (Å²) in [6, 6.07) is 13.4. The summed E-state index contributed by atoms with van der Waals surface area (Å²) in [6.45, 7) is 17.7. The van der Waals surface area contributed by atoms with Crippen LogP contribution in [0.4, 0.5) is 11.4 Å². The van der Waals surface area contributed by atoms with E-state index in [4.69, 9.17) is 22.6 Å². The first-order valence-electron chi connectivity index (χ1n) is 15.0. The van der Waals surface area contributed by atoms with Crippen LogP contribution in [0.1, 0.15) is 46.4 Å². The van der Waals surface area contributed by atoms with Gasteiger partial charge in [0.15, 0.2) is 11.4 Å². The number of likely N-dealkylation sites (tertiary alicyclic amines) is 2. The fraction of sp³-hybridized carbons (Fsp3) is 0.455. The zero-order chi connectivity index (χ0) is 32.0. The smallest absolute Gasteiger partial charge is 0.253 e. The Balaban J connectivity index is 0.000000178. The van der Waals surface area contributed by atoms with Crippen LogP contribution in [-0.4, -0.2) is 109 Å². The summed E-state index contributed by atoms with van der Waals surface area (Å²) in [5.74, 6) is -0.110.